The standard InChI is InChI=1S/C12H17N3O3S2/c1-8-4-6-15(7-9(8)16)20(17,18)10-3-2-5-14-11(10)12(13)19/h2-3,5,8-9,16H,4,6-7H2,1H3,(H2,13,19). The maximum absolute atomic E-state index is 12.6. The molecule has 2 unspecified atom stereocenters. The summed E-state index contributed by atoms with van der Waals surface area (Å²) in [5.74, 6) is 0.0883. The Hall–Kier alpha value is -1.09. The Morgan fingerprint density at radius 2 is 2.30 bits per heavy atom. The van der Waals surface area contributed by atoms with Crippen molar-refractivity contribution in [3.05, 3.63) is 24.0 Å². The van der Waals surface area contributed by atoms with Gasteiger partial charge in [0, 0.05) is 19.3 Å². The number of thiocarbonyl (C=S) groups is 1. The number of piperidine rings is 1. The molecule has 8 heteroatoms. The number of rotatable bonds is 3. The largest absolute Gasteiger partial charge is 0.391 e. The average molecular weight is 315 g/mol. The molecule has 1 saturated heterocycles. The summed E-state index contributed by atoms with van der Waals surface area (Å²) >= 11 is 4.84. The van der Waals surface area contributed by atoms with Crippen LogP contribution in [0.25, 0.3) is 0 Å². The van der Waals surface area contributed by atoms with E-state index in [2.05, 4.69) is 4.98 Å². The number of β-amino-alcohol motifs (C(OH)–C–C–N with tert-alkyl or cyclic N) is 1. The fraction of sp³-hybridized carbons (Fsp3) is 0.500. The lowest BCUT2D eigenvalue weighted by atomic mass is 9.98. The number of nitrogens with two attached hydrogens (primary N) is 1. The van der Waals surface area contributed by atoms with Crippen LogP contribution < -0.4 is 5.73 Å². The molecule has 0 spiro atoms. The molecule has 1 aliphatic heterocycles. The van der Waals surface area contributed by atoms with Gasteiger partial charge in [0.1, 0.15) is 15.6 Å². The van der Waals surface area contributed by atoms with Crippen molar-refractivity contribution in [3.8, 4) is 0 Å². The zero-order chi connectivity index (χ0) is 14.9. The second kappa shape index (κ2) is 5.72. The van der Waals surface area contributed by atoms with Crippen LogP contribution in [0.4, 0.5) is 0 Å². The van der Waals surface area contributed by atoms with Crippen LogP contribution in [-0.2, 0) is 10.0 Å². The summed E-state index contributed by atoms with van der Waals surface area (Å²) in [6, 6.07) is 2.96. The molecule has 2 heterocycles. The summed E-state index contributed by atoms with van der Waals surface area (Å²) in [4.78, 5) is 3.87. The van der Waals surface area contributed by atoms with Gasteiger partial charge in [0.15, 0.2) is 0 Å². The third-order valence-electron chi connectivity index (χ3n) is 3.50. The van der Waals surface area contributed by atoms with Crippen LogP contribution in [0.2, 0.25) is 0 Å². The van der Waals surface area contributed by atoms with Crippen LogP contribution in [-0.4, -0.2) is 47.0 Å². The van der Waals surface area contributed by atoms with Gasteiger partial charge in [-0.25, -0.2) is 8.42 Å². The lowest BCUT2D eigenvalue weighted by molar-refractivity contribution is 0.0605. The highest BCUT2D eigenvalue weighted by atomic mass is 32.2. The van der Waals surface area contributed by atoms with Crippen LogP contribution in [0.5, 0.6) is 0 Å². The van der Waals surface area contributed by atoms with Crippen molar-refractivity contribution in [1.29, 1.82) is 0 Å². The van der Waals surface area contributed by atoms with E-state index in [0.717, 1.165) is 0 Å². The number of nitrogens with zero attached hydrogens (tertiary/aromatic N) is 2. The first kappa shape index (κ1) is 15.3. The van der Waals surface area contributed by atoms with Crippen molar-refractivity contribution >= 4 is 27.2 Å². The molecule has 0 aromatic carbocycles. The number of hydrogen-bond acceptors (Lipinski definition) is 5. The highest BCUT2D eigenvalue weighted by molar-refractivity contribution is 7.89. The fourth-order valence-corrected chi connectivity index (χ4v) is 4.02. The van der Waals surface area contributed by atoms with E-state index in [1.807, 2.05) is 6.92 Å². The van der Waals surface area contributed by atoms with Crippen LogP contribution >= 0.6 is 12.2 Å². The summed E-state index contributed by atoms with van der Waals surface area (Å²) in [6.07, 6.45) is 1.40. The Morgan fingerprint density at radius 1 is 1.60 bits per heavy atom. The first-order valence-electron chi connectivity index (χ1n) is 6.27. The van der Waals surface area contributed by atoms with E-state index in [9.17, 15) is 13.5 Å². The molecule has 3 N–H and O–H groups in total. The summed E-state index contributed by atoms with van der Waals surface area (Å²) in [6.45, 7) is 2.35. The topological polar surface area (TPSA) is 96.5 Å². The van der Waals surface area contributed by atoms with E-state index >= 15 is 0 Å². The Bertz CT molecular complexity index is 618. The van der Waals surface area contributed by atoms with E-state index in [1.165, 1.54) is 22.6 Å². The van der Waals surface area contributed by atoms with Crippen LogP contribution in [0.3, 0.4) is 0 Å². The molecule has 0 radical (unpaired) electrons. The highest BCUT2D eigenvalue weighted by Crippen LogP contribution is 2.25. The molecule has 2 atom stereocenters. The van der Waals surface area contributed by atoms with E-state index in [4.69, 9.17) is 18.0 Å². The molecule has 2 rings (SSSR count). The molecule has 0 amide bonds. The van der Waals surface area contributed by atoms with Gasteiger partial charge >= 0.3 is 0 Å². The zero-order valence-electron chi connectivity index (χ0n) is 11.1. The summed E-state index contributed by atoms with van der Waals surface area (Å²) < 4.78 is 26.5. The summed E-state index contributed by atoms with van der Waals surface area (Å²) in [5, 5.41) is 9.86. The van der Waals surface area contributed by atoms with Crippen molar-refractivity contribution < 1.29 is 13.5 Å². The van der Waals surface area contributed by atoms with Gasteiger partial charge in [-0.3, -0.25) is 4.98 Å². The first-order valence-corrected chi connectivity index (χ1v) is 8.12. The zero-order valence-corrected chi connectivity index (χ0v) is 12.7. The van der Waals surface area contributed by atoms with Gasteiger partial charge in [0.25, 0.3) is 0 Å². The SMILES string of the molecule is CC1CCN(S(=O)(=O)c2cccnc2C(N)=S)CC1O. The molecule has 6 nitrogen and oxygen atoms in total. The molecule has 1 aromatic heterocycles. The number of aliphatic hydroxyl groups is 1. The Kier molecular flexibility index (Phi) is 4.38. The minimum Gasteiger partial charge on any atom is -0.391 e. The lowest BCUT2D eigenvalue weighted by Gasteiger charge is -2.33. The minimum absolute atomic E-state index is 0.00532. The number of pyridine rings is 1. The molecule has 1 aromatic rings. The fourth-order valence-electron chi connectivity index (χ4n) is 2.16. The molecule has 20 heavy (non-hydrogen) atoms. The second-order valence-electron chi connectivity index (χ2n) is 4.91. The average Bonchev–Trinajstić information content (AvgIpc) is 2.41. The number of hydrogen-bond donors (Lipinski definition) is 2. The van der Waals surface area contributed by atoms with E-state index in [0.29, 0.717) is 13.0 Å². The van der Waals surface area contributed by atoms with Crippen LogP contribution in [0, 0.1) is 5.92 Å². The maximum Gasteiger partial charge on any atom is 0.245 e. The first-order chi connectivity index (χ1) is 9.34. The summed E-state index contributed by atoms with van der Waals surface area (Å²) in [7, 11) is -3.75. The second-order valence-corrected chi connectivity index (χ2v) is 7.26. The van der Waals surface area contributed by atoms with E-state index < -0.39 is 16.1 Å². The highest BCUT2D eigenvalue weighted by Gasteiger charge is 2.34. The Balaban J connectivity index is 2.39. The number of sulfonamides is 1. The van der Waals surface area contributed by atoms with Crippen molar-refractivity contribution in [2.24, 2.45) is 11.7 Å². The smallest absolute Gasteiger partial charge is 0.245 e. The van der Waals surface area contributed by atoms with Gasteiger partial charge in [-0.1, -0.05) is 19.1 Å². The van der Waals surface area contributed by atoms with Gasteiger partial charge in [-0.05, 0) is 24.5 Å². The molecule has 110 valence electrons. The molecular weight excluding hydrogens is 298 g/mol. The minimum atomic E-state index is -3.75. The predicted octanol–water partition coefficient (Wildman–Crippen LogP) is 0.107. The quantitative estimate of drug-likeness (QED) is 0.768. The van der Waals surface area contributed by atoms with E-state index in [1.54, 1.807) is 0 Å². The van der Waals surface area contributed by atoms with Gasteiger partial charge in [-0.2, -0.15) is 4.31 Å². The van der Waals surface area contributed by atoms with Crippen LogP contribution in [0.15, 0.2) is 23.2 Å². The summed E-state index contributed by atoms with van der Waals surface area (Å²) in [5.41, 5.74) is 5.62. The third kappa shape index (κ3) is 2.83. The molecule has 0 aliphatic carbocycles. The molecule has 0 bridgehead atoms. The van der Waals surface area contributed by atoms with Crippen molar-refractivity contribution in [1.82, 2.24) is 9.29 Å². The van der Waals surface area contributed by atoms with Crippen molar-refractivity contribution in [3.63, 3.8) is 0 Å². The lowest BCUT2D eigenvalue weighted by Crippen LogP contribution is -2.46. The van der Waals surface area contributed by atoms with Crippen molar-refractivity contribution in [2.45, 2.75) is 24.3 Å². The Labute approximate surface area is 123 Å². The third-order valence-corrected chi connectivity index (χ3v) is 5.59. The molecular formula is C12H17N3O3S2. The van der Waals surface area contributed by atoms with Crippen molar-refractivity contribution in [2.75, 3.05) is 13.1 Å². The van der Waals surface area contributed by atoms with Gasteiger partial charge in [0.2, 0.25) is 10.0 Å². The van der Waals surface area contributed by atoms with Gasteiger partial charge in [-0.15, -0.1) is 0 Å². The van der Waals surface area contributed by atoms with Crippen LogP contribution in [0.1, 0.15) is 19.0 Å². The Morgan fingerprint density at radius 3 is 2.90 bits per heavy atom. The number of aliphatic hydroxyl groups excluding tert-OH is 1. The maximum atomic E-state index is 12.6. The number of aromatic nitrogens is 1. The molecule has 1 fully saturated rings. The predicted molar refractivity (Wildman–Crippen MR) is 78.7 cm³/mol. The monoisotopic (exact) mass is 315 g/mol. The molecule has 0 saturated carbocycles. The van der Waals surface area contributed by atoms with Gasteiger partial charge < -0.3 is 10.8 Å². The van der Waals surface area contributed by atoms with E-state index in [-0.39, 0.29) is 28.0 Å². The normalized spacial score (nSPS) is 24.5. The van der Waals surface area contributed by atoms with Gasteiger partial charge in [0.05, 0.1) is 6.10 Å². The molecule has 1 aliphatic rings.